The molecule has 2 aliphatic heterocycles. The maximum atomic E-state index is 12.3. The minimum atomic E-state index is -0.294. The van der Waals surface area contributed by atoms with Gasteiger partial charge in [0.2, 0.25) is 5.95 Å². The van der Waals surface area contributed by atoms with Crippen LogP contribution in [0, 0.1) is 0 Å². The van der Waals surface area contributed by atoms with Crippen molar-refractivity contribution in [2.45, 2.75) is 18.9 Å². The van der Waals surface area contributed by atoms with E-state index in [1.54, 1.807) is 0 Å². The predicted molar refractivity (Wildman–Crippen MR) is 81.4 cm³/mol. The molecule has 0 spiro atoms. The number of nitrogens with zero attached hydrogens (tertiary/aromatic N) is 3. The van der Waals surface area contributed by atoms with Gasteiger partial charge >= 0.3 is 0 Å². The molecular formula is C14H19ClN4O3. The topological polar surface area (TPSA) is 76.6 Å². The van der Waals surface area contributed by atoms with Crippen molar-refractivity contribution in [2.24, 2.45) is 0 Å². The van der Waals surface area contributed by atoms with Gasteiger partial charge in [0.1, 0.15) is 0 Å². The molecule has 0 aromatic carbocycles. The van der Waals surface area contributed by atoms with E-state index in [4.69, 9.17) is 21.1 Å². The van der Waals surface area contributed by atoms with Gasteiger partial charge in [-0.25, -0.2) is 9.97 Å². The third-order valence-electron chi connectivity index (χ3n) is 3.75. The van der Waals surface area contributed by atoms with E-state index in [-0.39, 0.29) is 22.7 Å². The van der Waals surface area contributed by atoms with Crippen LogP contribution in [-0.4, -0.2) is 61.4 Å². The van der Waals surface area contributed by atoms with E-state index >= 15 is 0 Å². The molecule has 3 heterocycles. The zero-order chi connectivity index (χ0) is 15.4. The van der Waals surface area contributed by atoms with E-state index in [0.29, 0.717) is 38.8 Å². The highest BCUT2D eigenvalue weighted by atomic mass is 35.5. The average Bonchev–Trinajstić information content (AvgIpc) is 3.07. The molecular weight excluding hydrogens is 308 g/mol. The Morgan fingerprint density at radius 2 is 2.23 bits per heavy atom. The van der Waals surface area contributed by atoms with E-state index in [1.165, 1.54) is 6.20 Å². The largest absolute Gasteiger partial charge is 0.378 e. The standard InChI is InChI=1S/C14H19ClN4O3/c15-11-9-17-14(19-3-6-21-7-4-19)18-12(11)13(20)16-8-10-2-1-5-22-10/h9-10H,1-8H2,(H,16,20)/t10-/m0/s1. The molecule has 120 valence electrons. The molecule has 0 saturated carbocycles. The van der Waals surface area contributed by atoms with Gasteiger partial charge in [-0.3, -0.25) is 4.79 Å². The summed E-state index contributed by atoms with van der Waals surface area (Å²) in [5.74, 6) is 0.215. The average molecular weight is 327 g/mol. The summed E-state index contributed by atoms with van der Waals surface area (Å²) < 4.78 is 10.8. The summed E-state index contributed by atoms with van der Waals surface area (Å²) in [5, 5.41) is 3.08. The Bertz CT molecular complexity index is 531. The Morgan fingerprint density at radius 1 is 1.41 bits per heavy atom. The fourth-order valence-corrected chi connectivity index (χ4v) is 2.71. The fourth-order valence-electron chi connectivity index (χ4n) is 2.53. The molecule has 0 radical (unpaired) electrons. The lowest BCUT2D eigenvalue weighted by Gasteiger charge is -2.26. The number of amides is 1. The molecule has 1 aromatic heterocycles. The molecule has 0 unspecified atom stereocenters. The van der Waals surface area contributed by atoms with Crippen LogP contribution in [0.25, 0.3) is 0 Å². The first-order chi connectivity index (χ1) is 10.7. The van der Waals surface area contributed by atoms with Crippen LogP contribution in [0.3, 0.4) is 0 Å². The molecule has 2 fully saturated rings. The van der Waals surface area contributed by atoms with E-state index in [1.807, 2.05) is 4.90 Å². The highest BCUT2D eigenvalue weighted by Crippen LogP contribution is 2.18. The lowest BCUT2D eigenvalue weighted by atomic mass is 10.2. The van der Waals surface area contributed by atoms with Gasteiger partial charge in [0.05, 0.1) is 30.5 Å². The van der Waals surface area contributed by atoms with Gasteiger partial charge in [-0.1, -0.05) is 11.6 Å². The highest BCUT2D eigenvalue weighted by molar-refractivity contribution is 6.33. The number of carbonyl (C=O) groups is 1. The zero-order valence-electron chi connectivity index (χ0n) is 12.3. The molecule has 2 aliphatic rings. The summed E-state index contributed by atoms with van der Waals surface area (Å²) in [4.78, 5) is 22.8. The summed E-state index contributed by atoms with van der Waals surface area (Å²) in [7, 11) is 0. The van der Waals surface area contributed by atoms with Gasteiger partial charge in [-0.05, 0) is 12.8 Å². The van der Waals surface area contributed by atoms with Crippen LogP contribution < -0.4 is 10.2 Å². The lowest BCUT2D eigenvalue weighted by Crippen LogP contribution is -2.38. The van der Waals surface area contributed by atoms with Crippen LogP contribution >= 0.6 is 11.6 Å². The number of hydrogen-bond acceptors (Lipinski definition) is 6. The Balaban J connectivity index is 1.66. The van der Waals surface area contributed by atoms with Gasteiger partial charge in [0.25, 0.3) is 5.91 Å². The number of morpholine rings is 1. The number of rotatable bonds is 4. The maximum absolute atomic E-state index is 12.3. The number of carbonyl (C=O) groups excluding carboxylic acids is 1. The molecule has 8 heteroatoms. The van der Waals surface area contributed by atoms with Crippen molar-refractivity contribution in [1.29, 1.82) is 0 Å². The van der Waals surface area contributed by atoms with E-state index in [0.717, 1.165) is 19.4 Å². The number of anilines is 1. The first-order valence-corrected chi connectivity index (χ1v) is 7.87. The van der Waals surface area contributed by atoms with Crippen LogP contribution in [0.5, 0.6) is 0 Å². The summed E-state index contributed by atoms with van der Waals surface area (Å²) in [6.07, 6.45) is 3.57. The van der Waals surface area contributed by atoms with Crippen LogP contribution in [0.15, 0.2) is 6.20 Å². The highest BCUT2D eigenvalue weighted by Gasteiger charge is 2.21. The molecule has 1 amide bonds. The predicted octanol–water partition coefficient (Wildman–Crippen LogP) is 0.875. The second-order valence-corrected chi connectivity index (χ2v) is 5.72. The van der Waals surface area contributed by atoms with Gasteiger partial charge in [-0.2, -0.15) is 0 Å². The number of hydrogen-bond donors (Lipinski definition) is 1. The Morgan fingerprint density at radius 3 is 2.95 bits per heavy atom. The van der Waals surface area contributed by atoms with Crippen molar-refractivity contribution >= 4 is 23.5 Å². The van der Waals surface area contributed by atoms with Crippen molar-refractivity contribution in [3.05, 3.63) is 16.9 Å². The van der Waals surface area contributed by atoms with Gasteiger partial charge in [-0.15, -0.1) is 0 Å². The van der Waals surface area contributed by atoms with Crippen LogP contribution in [0.4, 0.5) is 5.95 Å². The maximum Gasteiger partial charge on any atom is 0.271 e. The minimum absolute atomic E-state index is 0.0864. The molecule has 0 bridgehead atoms. The van der Waals surface area contributed by atoms with E-state index < -0.39 is 0 Å². The van der Waals surface area contributed by atoms with Crippen molar-refractivity contribution < 1.29 is 14.3 Å². The fraction of sp³-hybridized carbons (Fsp3) is 0.643. The van der Waals surface area contributed by atoms with Crippen molar-refractivity contribution in [3.63, 3.8) is 0 Å². The molecule has 1 N–H and O–H groups in total. The smallest absolute Gasteiger partial charge is 0.271 e. The molecule has 0 aliphatic carbocycles. The summed E-state index contributed by atoms with van der Waals surface area (Å²) in [6.45, 7) is 3.91. The van der Waals surface area contributed by atoms with Crippen LogP contribution in [-0.2, 0) is 9.47 Å². The molecule has 3 rings (SSSR count). The Kier molecular flexibility index (Phi) is 5.07. The third kappa shape index (κ3) is 3.66. The van der Waals surface area contributed by atoms with E-state index in [2.05, 4.69) is 15.3 Å². The normalized spacial score (nSPS) is 21.9. The quantitative estimate of drug-likeness (QED) is 0.885. The minimum Gasteiger partial charge on any atom is -0.378 e. The molecule has 1 aromatic rings. The second kappa shape index (κ2) is 7.21. The first-order valence-electron chi connectivity index (χ1n) is 7.49. The SMILES string of the molecule is O=C(NC[C@@H]1CCCO1)c1nc(N2CCOCC2)ncc1Cl. The molecule has 2 saturated heterocycles. The summed E-state index contributed by atoms with van der Waals surface area (Å²) in [5.41, 5.74) is 0.205. The summed E-state index contributed by atoms with van der Waals surface area (Å²) in [6, 6.07) is 0. The number of nitrogens with one attached hydrogen (secondary N) is 1. The third-order valence-corrected chi connectivity index (χ3v) is 4.03. The first kappa shape index (κ1) is 15.5. The summed E-state index contributed by atoms with van der Waals surface area (Å²) >= 11 is 6.07. The molecule has 7 nitrogen and oxygen atoms in total. The zero-order valence-corrected chi connectivity index (χ0v) is 13.0. The van der Waals surface area contributed by atoms with Gasteiger partial charge < -0.3 is 19.7 Å². The molecule has 1 atom stereocenters. The van der Waals surface area contributed by atoms with Crippen LogP contribution in [0.1, 0.15) is 23.3 Å². The van der Waals surface area contributed by atoms with Crippen molar-refractivity contribution in [2.75, 3.05) is 44.4 Å². The second-order valence-electron chi connectivity index (χ2n) is 5.31. The molecule has 22 heavy (non-hydrogen) atoms. The Hall–Kier alpha value is -1.44. The van der Waals surface area contributed by atoms with Crippen molar-refractivity contribution in [1.82, 2.24) is 15.3 Å². The number of ether oxygens (including phenoxy) is 2. The number of aromatic nitrogens is 2. The van der Waals surface area contributed by atoms with Gasteiger partial charge in [0.15, 0.2) is 5.69 Å². The Labute approximate surface area is 134 Å². The van der Waals surface area contributed by atoms with Crippen molar-refractivity contribution in [3.8, 4) is 0 Å². The van der Waals surface area contributed by atoms with Gasteiger partial charge in [0, 0.05) is 26.2 Å². The monoisotopic (exact) mass is 326 g/mol. The lowest BCUT2D eigenvalue weighted by molar-refractivity contribution is 0.0853. The van der Waals surface area contributed by atoms with Crippen LogP contribution in [0.2, 0.25) is 5.02 Å². The van der Waals surface area contributed by atoms with E-state index in [9.17, 15) is 4.79 Å². The number of halogens is 1.